The van der Waals surface area contributed by atoms with Crippen LogP contribution in [0.4, 0.5) is 10.1 Å². The Bertz CT molecular complexity index is 974. The number of aromatic amines is 1. The van der Waals surface area contributed by atoms with E-state index >= 15 is 0 Å². The van der Waals surface area contributed by atoms with Crippen LogP contribution in [0.2, 0.25) is 5.02 Å². The lowest BCUT2D eigenvalue weighted by atomic mass is 10.0. The van der Waals surface area contributed by atoms with Crippen LogP contribution in [0.25, 0.3) is 22.2 Å². The number of hydrogen-bond donors (Lipinski definition) is 1. The molecule has 0 bridgehead atoms. The summed E-state index contributed by atoms with van der Waals surface area (Å²) in [4.78, 5) is 11.6. The lowest BCUT2D eigenvalue weighted by Crippen LogP contribution is -1.91. The van der Waals surface area contributed by atoms with Gasteiger partial charge < -0.3 is 4.98 Å². The van der Waals surface area contributed by atoms with Crippen molar-refractivity contribution in [1.29, 1.82) is 0 Å². The number of aromatic nitrogens is 2. The van der Waals surface area contributed by atoms with Crippen LogP contribution in [0.3, 0.4) is 0 Å². The largest absolute Gasteiger partial charge is 0.346 e. The molecule has 1 aromatic carbocycles. The number of benzene rings is 1. The van der Waals surface area contributed by atoms with Crippen molar-refractivity contribution in [2.24, 2.45) is 10.9 Å². The van der Waals surface area contributed by atoms with Gasteiger partial charge in [0.25, 0.3) is 0 Å². The third kappa shape index (κ3) is 8.05. The summed E-state index contributed by atoms with van der Waals surface area (Å²) in [6.45, 7) is 16.4. The summed E-state index contributed by atoms with van der Waals surface area (Å²) >= 11 is 6.01. The molecule has 2 aromatic heterocycles. The van der Waals surface area contributed by atoms with Crippen molar-refractivity contribution in [2.75, 3.05) is 0 Å². The smallest absolute Gasteiger partial charge is 0.149 e. The summed E-state index contributed by atoms with van der Waals surface area (Å²) in [6, 6.07) is 5.25. The standard InChI is InChI=1S/C17H15ClFN3.C8H18.C2H6/c1-9(2)22-16-10(3)4-11(5-15(16)19)14-8-21-17-13(14)6-12(18)7-20-17;1-4-6-8(3)7-5-2;1-2/h4-8H,1-3H3,(H,20,21);8H,4-7H2,1-3H3;1-2H3. The molecule has 0 fully saturated rings. The highest BCUT2D eigenvalue weighted by molar-refractivity contribution is 6.31. The molecule has 0 aliphatic rings. The number of hydrogen-bond acceptors (Lipinski definition) is 2. The van der Waals surface area contributed by atoms with E-state index in [9.17, 15) is 4.39 Å². The monoisotopic (exact) mass is 459 g/mol. The second kappa shape index (κ2) is 14.1. The summed E-state index contributed by atoms with van der Waals surface area (Å²) in [5, 5.41) is 1.42. The van der Waals surface area contributed by atoms with Crippen molar-refractivity contribution in [2.45, 2.75) is 81.1 Å². The zero-order valence-electron chi connectivity index (χ0n) is 20.9. The molecule has 0 aliphatic carbocycles. The van der Waals surface area contributed by atoms with Gasteiger partial charge in [0.1, 0.15) is 17.2 Å². The van der Waals surface area contributed by atoms with Crippen LogP contribution in [0.5, 0.6) is 0 Å². The quantitative estimate of drug-likeness (QED) is 0.366. The van der Waals surface area contributed by atoms with Crippen molar-refractivity contribution in [3.63, 3.8) is 0 Å². The molecule has 0 unspecified atom stereocenters. The first-order valence-corrected chi connectivity index (χ1v) is 12.1. The van der Waals surface area contributed by atoms with Gasteiger partial charge >= 0.3 is 0 Å². The molecule has 2 heterocycles. The fourth-order valence-electron chi connectivity index (χ4n) is 3.60. The zero-order valence-corrected chi connectivity index (χ0v) is 21.7. The van der Waals surface area contributed by atoms with E-state index in [4.69, 9.17) is 11.6 Å². The number of aryl methyl sites for hydroxylation is 1. The van der Waals surface area contributed by atoms with Gasteiger partial charge in [-0.05, 0) is 56.0 Å². The first-order chi connectivity index (χ1) is 15.3. The third-order valence-electron chi connectivity index (χ3n) is 4.96. The van der Waals surface area contributed by atoms with Crippen LogP contribution in [0.15, 0.2) is 35.6 Å². The number of rotatable bonds is 6. The van der Waals surface area contributed by atoms with Crippen molar-refractivity contribution >= 4 is 34.0 Å². The average molecular weight is 460 g/mol. The van der Waals surface area contributed by atoms with Crippen molar-refractivity contribution in [1.82, 2.24) is 9.97 Å². The van der Waals surface area contributed by atoms with Gasteiger partial charge in [-0.3, -0.25) is 4.99 Å². The predicted octanol–water partition coefficient (Wildman–Crippen LogP) is 9.69. The highest BCUT2D eigenvalue weighted by Gasteiger charge is 2.13. The molecule has 0 amide bonds. The van der Waals surface area contributed by atoms with E-state index in [1.165, 1.54) is 31.7 Å². The Morgan fingerprint density at radius 2 is 1.75 bits per heavy atom. The minimum Gasteiger partial charge on any atom is -0.346 e. The van der Waals surface area contributed by atoms with E-state index in [1.807, 2.05) is 52.9 Å². The van der Waals surface area contributed by atoms with E-state index in [2.05, 4.69) is 35.7 Å². The molecule has 3 rings (SSSR count). The van der Waals surface area contributed by atoms with Gasteiger partial charge in [-0.15, -0.1) is 0 Å². The number of pyridine rings is 1. The van der Waals surface area contributed by atoms with Crippen molar-refractivity contribution in [3.05, 3.63) is 47.0 Å². The molecule has 32 heavy (non-hydrogen) atoms. The van der Waals surface area contributed by atoms with E-state index < -0.39 is 0 Å². The molecule has 0 spiro atoms. The topological polar surface area (TPSA) is 41.0 Å². The number of halogens is 2. The maximum atomic E-state index is 14.4. The molecule has 0 radical (unpaired) electrons. The van der Waals surface area contributed by atoms with Gasteiger partial charge in [-0.2, -0.15) is 0 Å². The number of aliphatic imine (C=N–C) groups is 1. The molecule has 0 atom stereocenters. The van der Waals surface area contributed by atoms with Crippen LogP contribution >= 0.6 is 11.6 Å². The fourth-order valence-corrected chi connectivity index (χ4v) is 3.76. The second-order valence-corrected chi connectivity index (χ2v) is 8.55. The van der Waals surface area contributed by atoms with Crippen LogP contribution in [-0.2, 0) is 0 Å². The molecule has 0 saturated carbocycles. The average Bonchev–Trinajstić information content (AvgIpc) is 3.16. The fraction of sp³-hybridized carbons (Fsp3) is 0.481. The van der Waals surface area contributed by atoms with Gasteiger partial charge in [0, 0.05) is 29.1 Å². The Labute approximate surface area is 198 Å². The lowest BCUT2D eigenvalue weighted by molar-refractivity contribution is 0.480. The van der Waals surface area contributed by atoms with Gasteiger partial charge in [-0.1, -0.05) is 71.9 Å². The van der Waals surface area contributed by atoms with E-state index in [1.54, 1.807) is 6.20 Å². The zero-order chi connectivity index (χ0) is 24.3. The Balaban J connectivity index is 0.000000436. The number of H-pyrrole nitrogens is 1. The molecule has 3 aromatic rings. The highest BCUT2D eigenvalue weighted by Crippen LogP contribution is 2.34. The van der Waals surface area contributed by atoms with Crippen molar-refractivity contribution in [3.8, 4) is 11.1 Å². The van der Waals surface area contributed by atoms with Gasteiger partial charge in [-0.25, -0.2) is 9.37 Å². The van der Waals surface area contributed by atoms with Gasteiger partial charge in [0.15, 0.2) is 0 Å². The van der Waals surface area contributed by atoms with Crippen molar-refractivity contribution < 1.29 is 4.39 Å². The number of nitrogens with zero attached hydrogens (tertiary/aromatic N) is 2. The summed E-state index contributed by atoms with van der Waals surface area (Å²) in [6.07, 6.45) is 8.91. The Hall–Kier alpha value is -2.20. The first kappa shape index (κ1) is 27.8. The first-order valence-electron chi connectivity index (χ1n) is 11.7. The normalized spacial score (nSPS) is 10.3. The van der Waals surface area contributed by atoms with Crippen LogP contribution in [-0.4, -0.2) is 15.7 Å². The maximum absolute atomic E-state index is 14.4. The summed E-state index contributed by atoms with van der Waals surface area (Å²) in [5.41, 5.74) is 4.37. The summed E-state index contributed by atoms with van der Waals surface area (Å²) in [7, 11) is 0. The predicted molar refractivity (Wildman–Crippen MR) is 140 cm³/mol. The molecule has 1 N–H and O–H groups in total. The highest BCUT2D eigenvalue weighted by atomic mass is 35.5. The minimum absolute atomic E-state index is 0.333. The van der Waals surface area contributed by atoms with E-state index in [0.717, 1.165) is 39.4 Å². The minimum atomic E-state index is -0.333. The maximum Gasteiger partial charge on any atom is 0.149 e. The molecular weight excluding hydrogens is 421 g/mol. The molecule has 5 heteroatoms. The second-order valence-electron chi connectivity index (χ2n) is 8.12. The SMILES string of the molecule is CC.CC(C)=Nc1c(C)cc(-c2c[nH]c3ncc(Cl)cc23)cc1F.CCCC(C)CCC. The Morgan fingerprint density at radius 3 is 2.28 bits per heavy atom. The third-order valence-corrected chi connectivity index (χ3v) is 5.17. The molecule has 3 nitrogen and oxygen atoms in total. The molecule has 0 saturated heterocycles. The molecule has 176 valence electrons. The summed E-state index contributed by atoms with van der Waals surface area (Å²) in [5.74, 6) is 0.630. The Kier molecular flexibility index (Phi) is 12.2. The molecule has 0 aliphatic heterocycles. The van der Waals surface area contributed by atoms with E-state index in [0.29, 0.717) is 10.7 Å². The van der Waals surface area contributed by atoms with Crippen LogP contribution in [0, 0.1) is 18.7 Å². The molecular formula is C27H39ClFN3. The van der Waals surface area contributed by atoms with Crippen LogP contribution in [0.1, 0.15) is 79.7 Å². The van der Waals surface area contributed by atoms with Gasteiger partial charge in [0.2, 0.25) is 0 Å². The van der Waals surface area contributed by atoms with Crippen LogP contribution < -0.4 is 0 Å². The lowest BCUT2D eigenvalue weighted by Gasteiger charge is -2.07. The van der Waals surface area contributed by atoms with Gasteiger partial charge in [0.05, 0.1) is 5.02 Å². The van der Waals surface area contributed by atoms with E-state index in [-0.39, 0.29) is 5.82 Å². The Morgan fingerprint density at radius 1 is 1.12 bits per heavy atom. The number of fused-ring (bicyclic) bond motifs is 1. The summed E-state index contributed by atoms with van der Waals surface area (Å²) < 4.78 is 14.4. The number of nitrogens with one attached hydrogen (secondary N) is 1.